The van der Waals surface area contributed by atoms with Gasteiger partial charge < -0.3 is 19.4 Å². The van der Waals surface area contributed by atoms with Crippen molar-refractivity contribution in [2.24, 2.45) is 0 Å². The fraction of sp³-hybridized carbons (Fsp3) is 0.412. The number of carbonyl (C=O) groups is 1. The van der Waals surface area contributed by atoms with Gasteiger partial charge in [-0.15, -0.1) is 0 Å². The molecule has 2 aromatic rings. The fourth-order valence-electron chi connectivity index (χ4n) is 2.15. The number of nitrogens with zero attached hydrogens (tertiary/aromatic N) is 2. The molecule has 0 saturated carbocycles. The van der Waals surface area contributed by atoms with Crippen molar-refractivity contribution in [3.63, 3.8) is 0 Å². The number of benzene rings is 1. The van der Waals surface area contributed by atoms with Gasteiger partial charge in [0.05, 0.1) is 32.2 Å². The number of rotatable bonds is 9. The molecule has 1 N–H and O–H groups in total. The smallest absolute Gasteiger partial charge is 0.222 e. The van der Waals surface area contributed by atoms with Gasteiger partial charge in [-0.05, 0) is 24.6 Å². The zero-order valence-electron chi connectivity index (χ0n) is 13.6. The van der Waals surface area contributed by atoms with E-state index < -0.39 is 0 Å². The van der Waals surface area contributed by atoms with Crippen molar-refractivity contribution in [1.82, 2.24) is 14.9 Å². The Hall–Kier alpha value is -2.18. The van der Waals surface area contributed by atoms with E-state index in [1.54, 1.807) is 19.6 Å². The van der Waals surface area contributed by atoms with Crippen LogP contribution in [0.15, 0.2) is 43.0 Å². The molecule has 1 amide bonds. The number of methoxy groups -OCH3 is 1. The Bertz CT molecular complexity index is 582. The van der Waals surface area contributed by atoms with Gasteiger partial charge in [-0.2, -0.15) is 0 Å². The highest BCUT2D eigenvalue weighted by atomic mass is 16.5. The van der Waals surface area contributed by atoms with Crippen LogP contribution < -0.4 is 5.32 Å². The molecule has 0 aliphatic rings. The molecule has 0 aliphatic heterocycles. The Labute approximate surface area is 136 Å². The summed E-state index contributed by atoms with van der Waals surface area (Å²) < 4.78 is 12.1. The van der Waals surface area contributed by atoms with Gasteiger partial charge >= 0.3 is 0 Å². The van der Waals surface area contributed by atoms with Crippen LogP contribution in [0.2, 0.25) is 0 Å². The molecule has 124 valence electrons. The molecular weight excluding hydrogens is 294 g/mol. The van der Waals surface area contributed by atoms with Gasteiger partial charge in [-0.3, -0.25) is 4.79 Å². The molecule has 0 unspecified atom stereocenters. The molecule has 0 bridgehead atoms. The second-order valence-corrected chi connectivity index (χ2v) is 5.21. The van der Waals surface area contributed by atoms with Gasteiger partial charge in [0, 0.05) is 31.6 Å². The van der Waals surface area contributed by atoms with Crippen LogP contribution in [-0.2, 0) is 14.3 Å². The van der Waals surface area contributed by atoms with E-state index in [9.17, 15) is 4.79 Å². The van der Waals surface area contributed by atoms with Crippen LogP contribution in [-0.4, -0.2) is 42.4 Å². The zero-order valence-corrected chi connectivity index (χ0v) is 13.6. The van der Waals surface area contributed by atoms with Crippen LogP contribution in [0.3, 0.4) is 0 Å². The van der Waals surface area contributed by atoms with Crippen molar-refractivity contribution >= 4 is 5.91 Å². The van der Waals surface area contributed by atoms with E-state index in [1.807, 2.05) is 42.0 Å². The topological polar surface area (TPSA) is 65.4 Å². The summed E-state index contributed by atoms with van der Waals surface area (Å²) in [6, 6.07) is 7.99. The van der Waals surface area contributed by atoms with E-state index in [2.05, 4.69) is 10.3 Å². The molecule has 6 heteroatoms. The lowest BCUT2D eigenvalue weighted by molar-refractivity contribution is -0.122. The number of nitrogens with one attached hydrogen (secondary N) is 1. The first-order valence-corrected chi connectivity index (χ1v) is 7.65. The van der Waals surface area contributed by atoms with E-state index >= 15 is 0 Å². The Morgan fingerprint density at radius 1 is 1.26 bits per heavy atom. The molecule has 6 nitrogen and oxygen atoms in total. The number of aromatic nitrogens is 2. The normalized spacial score (nSPS) is 12.1. The number of amides is 1. The van der Waals surface area contributed by atoms with E-state index in [1.165, 1.54) is 0 Å². The third-order valence-corrected chi connectivity index (χ3v) is 3.48. The third-order valence-electron chi connectivity index (χ3n) is 3.48. The van der Waals surface area contributed by atoms with Crippen LogP contribution in [0, 0.1) is 0 Å². The van der Waals surface area contributed by atoms with Crippen LogP contribution in [0.4, 0.5) is 0 Å². The van der Waals surface area contributed by atoms with Gasteiger partial charge in [-0.25, -0.2) is 4.98 Å². The fourth-order valence-corrected chi connectivity index (χ4v) is 2.15. The summed E-state index contributed by atoms with van der Waals surface area (Å²) in [4.78, 5) is 15.9. The average molecular weight is 317 g/mol. The second kappa shape index (κ2) is 9.07. The van der Waals surface area contributed by atoms with Crippen molar-refractivity contribution in [3.05, 3.63) is 48.5 Å². The van der Waals surface area contributed by atoms with Crippen LogP contribution in [0.1, 0.15) is 24.9 Å². The molecule has 1 aromatic heterocycles. The highest BCUT2D eigenvalue weighted by Crippen LogP contribution is 2.15. The standard InChI is InChI=1S/C17H23N3O3/c1-14(19-17(21)7-10-23-12-11-22-2)15-3-5-16(6-4-15)20-9-8-18-13-20/h3-6,8-9,13-14H,7,10-12H2,1-2H3,(H,19,21)/t14-/m1/s1. The second-order valence-electron chi connectivity index (χ2n) is 5.21. The first-order valence-electron chi connectivity index (χ1n) is 7.65. The average Bonchev–Trinajstić information content (AvgIpc) is 3.09. The van der Waals surface area contributed by atoms with Crippen molar-refractivity contribution in [2.45, 2.75) is 19.4 Å². The van der Waals surface area contributed by atoms with Crippen molar-refractivity contribution < 1.29 is 14.3 Å². The molecule has 0 spiro atoms. The molecule has 0 aliphatic carbocycles. The van der Waals surface area contributed by atoms with Gasteiger partial charge in [0.15, 0.2) is 0 Å². The zero-order chi connectivity index (χ0) is 16.5. The van der Waals surface area contributed by atoms with Crippen LogP contribution >= 0.6 is 0 Å². The van der Waals surface area contributed by atoms with E-state index in [4.69, 9.17) is 9.47 Å². The van der Waals surface area contributed by atoms with Crippen LogP contribution in [0.25, 0.3) is 5.69 Å². The summed E-state index contributed by atoms with van der Waals surface area (Å²) in [5.41, 5.74) is 2.10. The van der Waals surface area contributed by atoms with Gasteiger partial charge in [0.1, 0.15) is 0 Å². The first-order chi connectivity index (χ1) is 11.2. The van der Waals surface area contributed by atoms with Crippen molar-refractivity contribution in [1.29, 1.82) is 0 Å². The highest BCUT2D eigenvalue weighted by molar-refractivity contribution is 5.76. The highest BCUT2D eigenvalue weighted by Gasteiger charge is 2.09. The van der Waals surface area contributed by atoms with Gasteiger partial charge in [-0.1, -0.05) is 12.1 Å². The minimum Gasteiger partial charge on any atom is -0.382 e. The number of ether oxygens (including phenoxy) is 2. The number of carbonyl (C=O) groups excluding carboxylic acids is 1. The molecule has 1 aromatic carbocycles. The maximum absolute atomic E-state index is 11.9. The Morgan fingerprint density at radius 3 is 2.70 bits per heavy atom. The lowest BCUT2D eigenvalue weighted by atomic mass is 10.1. The van der Waals surface area contributed by atoms with Crippen molar-refractivity contribution in [2.75, 3.05) is 26.9 Å². The molecule has 23 heavy (non-hydrogen) atoms. The monoisotopic (exact) mass is 317 g/mol. The minimum absolute atomic E-state index is 0.0198. The van der Waals surface area contributed by atoms with Gasteiger partial charge in [0.2, 0.25) is 5.91 Å². The van der Waals surface area contributed by atoms with Gasteiger partial charge in [0.25, 0.3) is 0 Å². The molecule has 1 heterocycles. The molecule has 0 fully saturated rings. The quantitative estimate of drug-likeness (QED) is 0.719. The maximum atomic E-state index is 11.9. The summed E-state index contributed by atoms with van der Waals surface area (Å²) in [6.45, 7) is 3.42. The minimum atomic E-state index is -0.0432. The number of hydrogen-bond acceptors (Lipinski definition) is 4. The predicted octanol–water partition coefficient (Wildman–Crippen LogP) is 2.10. The summed E-state index contributed by atoms with van der Waals surface area (Å²) in [5, 5.41) is 2.97. The Kier molecular flexibility index (Phi) is 6.77. The molecular formula is C17H23N3O3. The Balaban J connectivity index is 1.78. The van der Waals surface area contributed by atoms with E-state index in [-0.39, 0.29) is 11.9 Å². The SMILES string of the molecule is COCCOCCC(=O)N[C@H](C)c1ccc(-n2ccnc2)cc1. The molecule has 1 atom stereocenters. The lowest BCUT2D eigenvalue weighted by Crippen LogP contribution is -2.27. The molecule has 0 radical (unpaired) electrons. The maximum Gasteiger partial charge on any atom is 0.222 e. The predicted molar refractivity (Wildman–Crippen MR) is 87.4 cm³/mol. The molecule has 2 rings (SSSR count). The van der Waals surface area contributed by atoms with Crippen molar-refractivity contribution in [3.8, 4) is 5.69 Å². The lowest BCUT2D eigenvalue weighted by Gasteiger charge is -2.15. The Morgan fingerprint density at radius 2 is 2.04 bits per heavy atom. The third kappa shape index (κ3) is 5.50. The summed E-state index contributed by atoms with van der Waals surface area (Å²) in [6.07, 6.45) is 5.74. The first kappa shape index (κ1) is 17.2. The number of hydrogen-bond donors (Lipinski definition) is 1. The van der Waals surface area contributed by atoms with E-state index in [0.29, 0.717) is 26.2 Å². The molecule has 0 saturated heterocycles. The van der Waals surface area contributed by atoms with E-state index in [0.717, 1.165) is 11.3 Å². The summed E-state index contributed by atoms with van der Waals surface area (Å²) in [7, 11) is 1.62. The van der Waals surface area contributed by atoms with Crippen LogP contribution in [0.5, 0.6) is 0 Å². The number of imidazole rings is 1. The largest absolute Gasteiger partial charge is 0.382 e. The summed E-state index contributed by atoms with van der Waals surface area (Å²) >= 11 is 0. The summed E-state index contributed by atoms with van der Waals surface area (Å²) in [5.74, 6) is -0.0198.